The Balaban J connectivity index is 1.64. The summed E-state index contributed by atoms with van der Waals surface area (Å²) in [7, 11) is 0. The average Bonchev–Trinajstić information content (AvgIpc) is 2.99. The number of nitrogens with one attached hydrogen (secondary N) is 1. The normalized spacial score (nSPS) is 32.9. The zero-order chi connectivity index (χ0) is 9.97. The summed E-state index contributed by atoms with van der Waals surface area (Å²) < 4.78 is 0. The molecule has 2 aliphatic rings. The first-order valence-electron chi connectivity index (χ1n) is 5.72. The number of hydrogen-bond acceptors (Lipinski definition) is 2. The molecule has 2 fully saturated rings. The second kappa shape index (κ2) is 4.30. The van der Waals surface area contributed by atoms with Crippen LogP contribution in [0.25, 0.3) is 0 Å². The topological polar surface area (TPSA) is 49.3 Å². The molecule has 2 N–H and O–H groups in total. The third-order valence-electron chi connectivity index (χ3n) is 3.47. The largest absolute Gasteiger partial charge is 0.481 e. The van der Waals surface area contributed by atoms with Crippen molar-refractivity contribution in [1.29, 1.82) is 0 Å². The van der Waals surface area contributed by atoms with Gasteiger partial charge in [0, 0.05) is 6.04 Å². The van der Waals surface area contributed by atoms with E-state index in [1.54, 1.807) is 0 Å². The van der Waals surface area contributed by atoms with Gasteiger partial charge in [-0.3, -0.25) is 4.79 Å². The molecule has 0 heterocycles. The lowest BCUT2D eigenvalue weighted by molar-refractivity contribution is -0.142. The molecular weight excluding hydrogens is 178 g/mol. The highest BCUT2D eigenvalue weighted by molar-refractivity contribution is 5.70. The van der Waals surface area contributed by atoms with Gasteiger partial charge in [0.2, 0.25) is 0 Å². The maximum atomic E-state index is 10.7. The molecule has 80 valence electrons. The zero-order valence-electron chi connectivity index (χ0n) is 8.54. The molecule has 14 heavy (non-hydrogen) atoms. The highest BCUT2D eigenvalue weighted by Crippen LogP contribution is 2.29. The van der Waals surface area contributed by atoms with Crippen LogP contribution < -0.4 is 5.32 Å². The quantitative estimate of drug-likeness (QED) is 0.720. The van der Waals surface area contributed by atoms with Gasteiger partial charge < -0.3 is 10.4 Å². The fourth-order valence-electron chi connectivity index (χ4n) is 2.20. The van der Waals surface area contributed by atoms with E-state index in [0.29, 0.717) is 6.04 Å². The molecule has 0 aromatic rings. The van der Waals surface area contributed by atoms with Crippen LogP contribution in [-0.4, -0.2) is 23.7 Å². The monoisotopic (exact) mass is 197 g/mol. The maximum absolute atomic E-state index is 10.7. The molecule has 3 heteroatoms. The van der Waals surface area contributed by atoms with Gasteiger partial charge in [0.15, 0.2) is 0 Å². The van der Waals surface area contributed by atoms with Gasteiger partial charge in [0.05, 0.1) is 5.92 Å². The number of hydrogen-bond donors (Lipinski definition) is 2. The van der Waals surface area contributed by atoms with E-state index in [0.717, 1.165) is 38.1 Å². The van der Waals surface area contributed by atoms with Crippen molar-refractivity contribution in [3.8, 4) is 0 Å². The van der Waals surface area contributed by atoms with Gasteiger partial charge in [-0.05, 0) is 51.0 Å². The summed E-state index contributed by atoms with van der Waals surface area (Å²) in [5, 5.41) is 12.4. The van der Waals surface area contributed by atoms with Crippen molar-refractivity contribution in [2.45, 2.75) is 44.6 Å². The van der Waals surface area contributed by atoms with Gasteiger partial charge >= 0.3 is 5.97 Å². The molecule has 0 aromatic heterocycles. The Morgan fingerprint density at radius 3 is 2.29 bits per heavy atom. The van der Waals surface area contributed by atoms with Crippen LogP contribution in [0.15, 0.2) is 0 Å². The van der Waals surface area contributed by atoms with E-state index in [4.69, 9.17) is 5.11 Å². The van der Waals surface area contributed by atoms with E-state index >= 15 is 0 Å². The van der Waals surface area contributed by atoms with Crippen LogP contribution >= 0.6 is 0 Å². The third-order valence-corrected chi connectivity index (χ3v) is 3.47. The highest BCUT2D eigenvalue weighted by atomic mass is 16.4. The molecule has 0 bridgehead atoms. The minimum atomic E-state index is -0.606. The number of carboxylic acid groups (broad SMARTS) is 1. The molecule has 0 radical (unpaired) electrons. The predicted octanol–water partition coefficient (Wildman–Crippen LogP) is 1.63. The van der Waals surface area contributed by atoms with E-state index in [1.807, 2.05) is 0 Å². The van der Waals surface area contributed by atoms with Gasteiger partial charge in [-0.2, -0.15) is 0 Å². The second-order valence-electron chi connectivity index (χ2n) is 4.74. The Morgan fingerprint density at radius 2 is 1.79 bits per heavy atom. The number of aliphatic carboxylic acids is 1. The summed E-state index contributed by atoms with van der Waals surface area (Å²) in [6.07, 6.45) is 6.58. The summed E-state index contributed by atoms with van der Waals surface area (Å²) in [5.74, 6) is 0.242. The van der Waals surface area contributed by atoms with Crippen LogP contribution in [0, 0.1) is 11.8 Å². The average molecular weight is 197 g/mol. The van der Waals surface area contributed by atoms with E-state index < -0.39 is 5.97 Å². The van der Waals surface area contributed by atoms with Crippen LogP contribution in [0.2, 0.25) is 0 Å². The minimum Gasteiger partial charge on any atom is -0.481 e. The molecule has 0 saturated heterocycles. The molecular formula is C11H19NO2. The van der Waals surface area contributed by atoms with Crippen molar-refractivity contribution in [3.05, 3.63) is 0 Å². The lowest BCUT2D eigenvalue weighted by Crippen LogP contribution is -2.35. The van der Waals surface area contributed by atoms with Crippen molar-refractivity contribution in [2.24, 2.45) is 11.8 Å². The van der Waals surface area contributed by atoms with Crippen molar-refractivity contribution < 1.29 is 9.90 Å². The van der Waals surface area contributed by atoms with E-state index in [1.165, 1.54) is 12.8 Å². The van der Waals surface area contributed by atoms with Gasteiger partial charge in [0.1, 0.15) is 0 Å². The van der Waals surface area contributed by atoms with E-state index in [2.05, 4.69) is 5.32 Å². The molecule has 2 saturated carbocycles. The Morgan fingerprint density at radius 1 is 1.14 bits per heavy atom. The summed E-state index contributed by atoms with van der Waals surface area (Å²) >= 11 is 0. The Bertz CT molecular complexity index is 205. The van der Waals surface area contributed by atoms with E-state index in [-0.39, 0.29) is 5.92 Å². The summed E-state index contributed by atoms with van der Waals surface area (Å²) in [6, 6.07) is 0.589. The van der Waals surface area contributed by atoms with Crippen molar-refractivity contribution in [2.75, 3.05) is 6.54 Å². The van der Waals surface area contributed by atoms with Crippen LogP contribution in [0.1, 0.15) is 38.5 Å². The van der Waals surface area contributed by atoms with Gasteiger partial charge in [0.25, 0.3) is 0 Å². The Kier molecular flexibility index (Phi) is 3.06. The fourth-order valence-corrected chi connectivity index (χ4v) is 2.20. The molecule has 0 unspecified atom stereocenters. The predicted molar refractivity (Wildman–Crippen MR) is 54.1 cm³/mol. The molecule has 0 aliphatic heterocycles. The van der Waals surface area contributed by atoms with Crippen LogP contribution in [0.4, 0.5) is 0 Å². The molecule has 0 spiro atoms. The SMILES string of the molecule is O=C(O)C1CCC(NCC2CC2)CC1. The second-order valence-corrected chi connectivity index (χ2v) is 4.74. The first-order valence-corrected chi connectivity index (χ1v) is 5.72. The number of carboxylic acids is 1. The highest BCUT2D eigenvalue weighted by Gasteiger charge is 2.27. The summed E-state index contributed by atoms with van der Waals surface area (Å²) in [6.45, 7) is 1.16. The van der Waals surface area contributed by atoms with Crippen molar-refractivity contribution >= 4 is 5.97 Å². The lowest BCUT2D eigenvalue weighted by atomic mass is 9.86. The lowest BCUT2D eigenvalue weighted by Gasteiger charge is -2.26. The van der Waals surface area contributed by atoms with Crippen LogP contribution in [0.5, 0.6) is 0 Å². The zero-order valence-corrected chi connectivity index (χ0v) is 8.54. The van der Waals surface area contributed by atoms with Crippen LogP contribution in [0.3, 0.4) is 0 Å². The molecule has 2 rings (SSSR count). The molecule has 0 amide bonds. The van der Waals surface area contributed by atoms with Gasteiger partial charge in [-0.15, -0.1) is 0 Å². The van der Waals surface area contributed by atoms with Crippen molar-refractivity contribution in [3.63, 3.8) is 0 Å². The number of carbonyl (C=O) groups is 1. The summed E-state index contributed by atoms with van der Waals surface area (Å²) in [4.78, 5) is 10.7. The number of rotatable bonds is 4. The molecule has 3 nitrogen and oxygen atoms in total. The maximum Gasteiger partial charge on any atom is 0.306 e. The Hall–Kier alpha value is -0.570. The minimum absolute atomic E-state index is 0.0750. The standard InChI is InChI=1S/C11H19NO2/c13-11(14)9-3-5-10(6-4-9)12-7-8-1-2-8/h8-10,12H,1-7H2,(H,13,14). The van der Waals surface area contributed by atoms with Crippen LogP contribution in [-0.2, 0) is 4.79 Å². The molecule has 0 atom stereocenters. The smallest absolute Gasteiger partial charge is 0.306 e. The molecule has 0 aromatic carbocycles. The van der Waals surface area contributed by atoms with Gasteiger partial charge in [-0.1, -0.05) is 0 Å². The molecule has 2 aliphatic carbocycles. The first-order chi connectivity index (χ1) is 6.75. The third kappa shape index (κ3) is 2.71. The summed E-state index contributed by atoms with van der Waals surface area (Å²) in [5.41, 5.74) is 0. The fraction of sp³-hybridized carbons (Fsp3) is 0.909. The van der Waals surface area contributed by atoms with Crippen molar-refractivity contribution in [1.82, 2.24) is 5.32 Å². The first kappa shape index (κ1) is 9.97. The Labute approximate surface area is 84.9 Å². The van der Waals surface area contributed by atoms with Gasteiger partial charge in [-0.25, -0.2) is 0 Å². The van der Waals surface area contributed by atoms with E-state index in [9.17, 15) is 4.79 Å².